The van der Waals surface area contributed by atoms with E-state index in [-0.39, 0.29) is 0 Å². The van der Waals surface area contributed by atoms with Crippen LogP contribution in [0.25, 0.3) is 0 Å². The van der Waals surface area contributed by atoms with Gasteiger partial charge in [-0.15, -0.1) is 0 Å². The van der Waals surface area contributed by atoms with Crippen LogP contribution in [0.4, 0.5) is 0 Å². The average molecular weight is 233 g/mol. The van der Waals surface area contributed by atoms with Gasteiger partial charge in [-0.25, -0.2) is 0 Å². The highest BCUT2D eigenvalue weighted by Crippen LogP contribution is 2.20. The van der Waals surface area contributed by atoms with Gasteiger partial charge in [-0.05, 0) is 50.3 Å². The van der Waals surface area contributed by atoms with Crippen molar-refractivity contribution >= 4 is 0 Å². The van der Waals surface area contributed by atoms with Crippen LogP contribution in [0.3, 0.4) is 0 Å². The van der Waals surface area contributed by atoms with Crippen LogP contribution in [-0.2, 0) is 6.42 Å². The van der Waals surface area contributed by atoms with E-state index >= 15 is 0 Å². The van der Waals surface area contributed by atoms with E-state index in [4.69, 9.17) is 5.11 Å². The molecule has 0 amide bonds. The molecular formula is C15H23NO. The Morgan fingerprint density at radius 3 is 2.76 bits per heavy atom. The number of aliphatic hydroxyl groups excluding tert-OH is 1. The third-order valence-corrected chi connectivity index (χ3v) is 3.62. The molecule has 94 valence electrons. The SMILES string of the molecule is OCCCCN1CCC(Cc2ccccc2)C1. The molecule has 0 bridgehead atoms. The minimum absolute atomic E-state index is 0.335. The number of unbranched alkanes of at least 4 members (excludes halogenated alkanes) is 1. The molecule has 1 saturated heterocycles. The van der Waals surface area contributed by atoms with Gasteiger partial charge in [0.05, 0.1) is 0 Å². The number of nitrogens with zero attached hydrogens (tertiary/aromatic N) is 1. The van der Waals surface area contributed by atoms with Crippen molar-refractivity contribution < 1.29 is 5.11 Å². The molecule has 1 atom stereocenters. The summed E-state index contributed by atoms with van der Waals surface area (Å²) in [6.07, 6.45) is 4.62. The fraction of sp³-hybridized carbons (Fsp3) is 0.600. The molecule has 0 radical (unpaired) electrons. The zero-order chi connectivity index (χ0) is 11.9. The predicted molar refractivity (Wildman–Crippen MR) is 71.0 cm³/mol. The molecule has 0 aliphatic carbocycles. The van der Waals surface area contributed by atoms with Crippen molar-refractivity contribution in [2.75, 3.05) is 26.2 Å². The quantitative estimate of drug-likeness (QED) is 0.762. The van der Waals surface area contributed by atoms with E-state index in [9.17, 15) is 0 Å². The summed E-state index contributed by atoms with van der Waals surface area (Å²) in [5, 5.41) is 8.77. The molecule has 1 heterocycles. The minimum Gasteiger partial charge on any atom is -0.396 e. The molecule has 2 rings (SSSR count). The number of benzene rings is 1. The molecule has 1 unspecified atom stereocenters. The van der Waals surface area contributed by atoms with Crippen molar-refractivity contribution in [2.24, 2.45) is 5.92 Å². The first-order valence-corrected chi connectivity index (χ1v) is 6.75. The Balaban J connectivity index is 1.71. The van der Waals surface area contributed by atoms with E-state index < -0.39 is 0 Å². The maximum Gasteiger partial charge on any atom is 0.0431 e. The van der Waals surface area contributed by atoms with E-state index in [1.54, 1.807) is 0 Å². The van der Waals surface area contributed by atoms with Gasteiger partial charge in [-0.2, -0.15) is 0 Å². The molecular weight excluding hydrogens is 210 g/mol. The summed E-state index contributed by atoms with van der Waals surface area (Å²) >= 11 is 0. The van der Waals surface area contributed by atoms with Crippen molar-refractivity contribution in [1.29, 1.82) is 0 Å². The number of hydrogen-bond acceptors (Lipinski definition) is 2. The second-order valence-electron chi connectivity index (χ2n) is 5.08. The molecule has 1 fully saturated rings. The van der Waals surface area contributed by atoms with Gasteiger partial charge < -0.3 is 10.0 Å². The summed E-state index contributed by atoms with van der Waals surface area (Å²) in [4.78, 5) is 2.54. The lowest BCUT2D eigenvalue weighted by Crippen LogP contribution is -2.22. The standard InChI is InChI=1S/C15H23NO/c17-11-5-4-9-16-10-8-15(13-16)12-14-6-2-1-3-7-14/h1-3,6-7,15,17H,4-5,8-13H2. The van der Waals surface area contributed by atoms with E-state index in [0.717, 1.165) is 25.3 Å². The summed E-state index contributed by atoms with van der Waals surface area (Å²) in [7, 11) is 0. The monoisotopic (exact) mass is 233 g/mol. The van der Waals surface area contributed by atoms with Crippen LogP contribution in [-0.4, -0.2) is 36.2 Å². The Hall–Kier alpha value is -0.860. The zero-order valence-corrected chi connectivity index (χ0v) is 10.5. The van der Waals surface area contributed by atoms with Gasteiger partial charge in [0, 0.05) is 13.2 Å². The summed E-state index contributed by atoms with van der Waals surface area (Å²) in [5.74, 6) is 0.825. The number of likely N-dealkylation sites (tertiary alicyclic amines) is 1. The minimum atomic E-state index is 0.335. The van der Waals surface area contributed by atoms with Gasteiger partial charge in [-0.3, -0.25) is 0 Å². The Kier molecular flexibility index (Phi) is 5.02. The summed E-state index contributed by atoms with van der Waals surface area (Å²) in [6.45, 7) is 3.97. The normalized spacial score (nSPS) is 20.9. The van der Waals surface area contributed by atoms with Crippen molar-refractivity contribution in [2.45, 2.75) is 25.7 Å². The molecule has 1 aromatic carbocycles. The molecule has 2 heteroatoms. The van der Waals surface area contributed by atoms with Crippen molar-refractivity contribution in [3.8, 4) is 0 Å². The molecule has 0 saturated carbocycles. The van der Waals surface area contributed by atoms with Gasteiger partial charge in [-0.1, -0.05) is 30.3 Å². The van der Waals surface area contributed by atoms with Crippen molar-refractivity contribution in [1.82, 2.24) is 4.90 Å². The molecule has 0 spiro atoms. The van der Waals surface area contributed by atoms with E-state index in [0.29, 0.717) is 6.61 Å². The third kappa shape index (κ3) is 4.14. The lowest BCUT2D eigenvalue weighted by atomic mass is 9.99. The highest BCUT2D eigenvalue weighted by atomic mass is 16.2. The Bertz CT molecular complexity index is 312. The van der Waals surface area contributed by atoms with Gasteiger partial charge in [0.2, 0.25) is 0 Å². The Morgan fingerprint density at radius 1 is 1.18 bits per heavy atom. The van der Waals surface area contributed by atoms with Gasteiger partial charge in [0.1, 0.15) is 0 Å². The van der Waals surface area contributed by atoms with Crippen LogP contribution in [0.1, 0.15) is 24.8 Å². The van der Waals surface area contributed by atoms with Crippen molar-refractivity contribution in [3.63, 3.8) is 0 Å². The average Bonchev–Trinajstić information content (AvgIpc) is 2.79. The van der Waals surface area contributed by atoms with E-state index in [1.807, 2.05) is 0 Å². The lowest BCUT2D eigenvalue weighted by molar-refractivity contribution is 0.261. The van der Waals surface area contributed by atoms with Crippen LogP contribution in [0.2, 0.25) is 0 Å². The molecule has 1 aromatic rings. The largest absolute Gasteiger partial charge is 0.396 e. The van der Waals surface area contributed by atoms with Crippen LogP contribution in [0.15, 0.2) is 30.3 Å². The maximum absolute atomic E-state index is 8.77. The molecule has 17 heavy (non-hydrogen) atoms. The van der Waals surface area contributed by atoms with E-state index in [1.165, 1.54) is 31.5 Å². The molecule has 0 aromatic heterocycles. The Labute approximate surface area is 104 Å². The van der Waals surface area contributed by atoms with Crippen molar-refractivity contribution in [3.05, 3.63) is 35.9 Å². The maximum atomic E-state index is 8.77. The molecule has 1 N–H and O–H groups in total. The first-order chi connectivity index (χ1) is 8.38. The fourth-order valence-corrected chi connectivity index (χ4v) is 2.68. The summed E-state index contributed by atoms with van der Waals surface area (Å²) in [6, 6.07) is 10.8. The van der Waals surface area contributed by atoms with Crippen LogP contribution in [0.5, 0.6) is 0 Å². The van der Waals surface area contributed by atoms with Crippen LogP contribution in [0, 0.1) is 5.92 Å². The van der Waals surface area contributed by atoms with Gasteiger partial charge in [0.15, 0.2) is 0 Å². The number of aliphatic hydroxyl groups is 1. The first-order valence-electron chi connectivity index (χ1n) is 6.75. The second kappa shape index (κ2) is 6.77. The summed E-state index contributed by atoms with van der Waals surface area (Å²) < 4.78 is 0. The lowest BCUT2D eigenvalue weighted by Gasteiger charge is -2.15. The highest BCUT2D eigenvalue weighted by molar-refractivity contribution is 5.15. The molecule has 2 nitrogen and oxygen atoms in total. The van der Waals surface area contributed by atoms with E-state index in [2.05, 4.69) is 35.2 Å². The fourth-order valence-electron chi connectivity index (χ4n) is 2.68. The number of hydrogen-bond donors (Lipinski definition) is 1. The zero-order valence-electron chi connectivity index (χ0n) is 10.5. The topological polar surface area (TPSA) is 23.5 Å². The van der Waals surface area contributed by atoms with Crippen LogP contribution >= 0.6 is 0 Å². The highest BCUT2D eigenvalue weighted by Gasteiger charge is 2.21. The summed E-state index contributed by atoms with van der Waals surface area (Å²) in [5.41, 5.74) is 1.47. The smallest absolute Gasteiger partial charge is 0.0431 e. The molecule has 1 aliphatic heterocycles. The Morgan fingerprint density at radius 2 is 2.00 bits per heavy atom. The third-order valence-electron chi connectivity index (χ3n) is 3.62. The van der Waals surface area contributed by atoms with Gasteiger partial charge in [0.25, 0.3) is 0 Å². The van der Waals surface area contributed by atoms with Gasteiger partial charge >= 0.3 is 0 Å². The first kappa shape index (κ1) is 12.6. The predicted octanol–water partition coefficient (Wildman–Crippen LogP) is 2.32. The van der Waals surface area contributed by atoms with Crippen LogP contribution < -0.4 is 0 Å². The second-order valence-corrected chi connectivity index (χ2v) is 5.08. The number of rotatable bonds is 6. The molecule has 1 aliphatic rings.